The molecule has 1 aromatic carbocycles. The van der Waals surface area contributed by atoms with Gasteiger partial charge in [0.15, 0.2) is 0 Å². The Hall–Kier alpha value is -1.35. The van der Waals surface area contributed by atoms with Crippen LogP contribution in [0.2, 0.25) is 0 Å². The smallest absolute Gasteiger partial charge is 0.0682 e. The van der Waals surface area contributed by atoms with Gasteiger partial charge in [0.25, 0.3) is 0 Å². The number of hydrogen-bond acceptors (Lipinski definition) is 2. The number of unbranched alkanes of at least 4 members (excludes halogenated alkanes) is 2. The number of hydrogen-bond donors (Lipinski definition) is 1. The molecule has 2 rings (SSSR count). The lowest BCUT2D eigenvalue weighted by atomic mass is 10.2. The van der Waals surface area contributed by atoms with Crippen LogP contribution in [0.3, 0.4) is 0 Å². The standard InChI is InChI=1S/C14H21N3/c1-2-15-10-6-3-7-11-17-14-9-5-4-8-13(14)12-16-17/h4-5,8-9,12,15H,2-3,6-7,10-11H2,1H3. The lowest BCUT2D eigenvalue weighted by Crippen LogP contribution is -2.13. The number of nitrogens with one attached hydrogen (secondary N) is 1. The minimum Gasteiger partial charge on any atom is -0.317 e. The molecule has 0 amide bonds. The average Bonchev–Trinajstić information content (AvgIpc) is 2.77. The van der Waals surface area contributed by atoms with E-state index >= 15 is 0 Å². The molecule has 1 heterocycles. The summed E-state index contributed by atoms with van der Waals surface area (Å²) in [6.07, 6.45) is 5.68. The van der Waals surface area contributed by atoms with E-state index in [2.05, 4.69) is 46.3 Å². The Balaban J connectivity index is 1.79. The molecule has 0 fully saturated rings. The van der Waals surface area contributed by atoms with Crippen molar-refractivity contribution in [1.29, 1.82) is 0 Å². The van der Waals surface area contributed by atoms with Gasteiger partial charge in [-0.2, -0.15) is 5.10 Å². The molecule has 0 unspecified atom stereocenters. The van der Waals surface area contributed by atoms with Crippen molar-refractivity contribution < 1.29 is 0 Å². The molecule has 1 N–H and O–H groups in total. The molecule has 92 valence electrons. The summed E-state index contributed by atoms with van der Waals surface area (Å²) in [5.41, 5.74) is 1.25. The Morgan fingerprint density at radius 3 is 2.94 bits per heavy atom. The highest BCUT2D eigenvalue weighted by Gasteiger charge is 2.00. The Bertz CT molecular complexity index is 447. The zero-order valence-corrected chi connectivity index (χ0v) is 10.5. The quantitative estimate of drug-likeness (QED) is 0.743. The predicted octanol–water partition coefficient (Wildman–Crippen LogP) is 2.82. The lowest BCUT2D eigenvalue weighted by molar-refractivity contribution is 0.543. The number of nitrogens with zero attached hydrogens (tertiary/aromatic N) is 2. The fraction of sp³-hybridized carbons (Fsp3) is 0.500. The molecule has 0 radical (unpaired) electrons. The van der Waals surface area contributed by atoms with Crippen LogP contribution in [-0.4, -0.2) is 22.9 Å². The predicted molar refractivity (Wildman–Crippen MR) is 72.1 cm³/mol. The summed E-state index contributed by atoms with van der Waals surface area (Å²) < 4.78 is 2.11. The molecule has 0 aliphatic heterocycles. The van der Waals surface area contributed by atoms with Gasteiger partial charge in [0, 0.05) is 11.9 Å². The molecule has 0 aliphatic rings. The number of fused-ring (bicyclic) bond motifs is 1. The lowest BCUT2D eigenvalue weighted by Gasteiger charge is -2.04. The molecule has 3 nitrogen and oxygen atoms in total. The summed E-state index contributed by atoms with van der Waals surface area (Å²) in [5, 5.41) is 9.02. The molecular weight excluding hydrogens is 210 g/mol. The van der Waals surface area contributed by atoms with Gasteiger partial charge in [0.05, 0.1) is 11.7 Å². The van der Waals surface area contributed by atoms with Gasteiger partial charge in [0.2, 0.25) is 0 Å². The normalized spacial score (nSPS) is 11.1. The minimum absolute atomic E-state index is 1.03. The first-order valence-corrected chi connectivity index (χ1v) is 6.53. The number of rotatable bonds is 7. The molecule has 0 bridgehead atoms. The number of aromatic nitrogens is 2. The summed E-state index contributed by atoms with van der Waals surface area (Å²) in [4.78, 5) is 0. The maximum atomic E-state index is 4.43. The highest BCUT2D eigenvalue weighted by Crippen LogP contribution is 2.13. The van der Waals surface area contributed by atoms with E-state index in [0.29, 0.717) is 0 Å². The third-order valence-corrected chi connectivity index (χ3v) is 3.02. The van der Waals surface area contributed by atoms with Gasteiger partial charge in [-0.25, -0.2) is 0 Å². The second-order valence-electron chi connectivity index (χ2n) is 4.34. The van der Waals surface area contributed by atoms with Gasteiger partial charge in [-0.3, -0.25) is 4.68 Å². The third kappa shape index (κ3) is 3.30. The van der Waals surface area contributed by atoms with Gasteiger partial charge >= 0.3 is 0 Å². The zero-order chi connectivity index (χ0) is 11.9. The molecule has 3 heteroatoms. The topological polar surface area (TPSA) is 29.9 Å². The second-order valence-corrected chi connectivity index (χ2v) is 4.34. The van der Waals surface area contributed by atoms with Crippen molar-refractivity contribution in [2.24, 2.45) is 0 Å². The van der Waals surface area contributed by atoms with Gasteiger partial charge in [-0.1, -0.05) is 31.5 Å². The van der Waals surface area contributed by atoms with Crippen LogP contribution in [0.1, 0.15) is 26.2 Å². The number of benzene rings is 1. The van der Waals surface area contributed by atoms with Crippen molar-refractivity contribution in [3.8, 4) is 0 Å². The monoisotopic (exact) mass is 231 g/mol. The highest BCUT2D eigenvalue weighted by atomic mass is 15.3. The Labute approximate surface area is 103 Å². The molecule has 0 spiro atoms. The van der Waals surface area contributed by atoms with E-state index in [0.717, 1.165) is 19.6 Å². The molecule has 0 atom stereocenters. The summed E-state index contributed by atoms with van der Waals surface area (Å²) in [6, 6.07) is 8.39. The summed E-state index contributed by atoms with van der Waals surface area (Å²) in [6.45, 7) is 5.38. The van der Waals surface area contributed by atoms with E-state index in [4.69, 9.17) is 0 Å². The van der Waals surface area contributed by atoms with Crippen molar-refractivity contribution in [3.05, 3.63) is 30.5 Å². The van der Waals surface area contributed by atoms with Gasteiger partial charge in [0.1, 0.15) is 0 Å². The van der Waals surface area contributed by atoms with Crippen LogP contribution in [0, 0.1) is 0 Å². The maximum absolute atomic E-state index is 4.43. The molecule has 0 saturated carbocycles. The molecule has 1 aromatic heterocycles. The fourth-order valence-electron chi connectivity index (χ4n) is 2.07. The van der Waals surface area contributed by atoms with Crippen molar-refractivity contribution >= 4 is 10.9 Å². The molecular formula is C14H21N3. The second kappa shape index (κ2) is 6.40. The Morgan fingerprint density at radius 2 is 2.06 bits per heavy atom. The van der Waals surface area contributed by atoms with E-state index in [1.165, 1.54) is 30.2 Å². The van der Waals surface area contributed by atoms with Crippen LogP contribution in [0.25, 0.3) is 10.9 Å². The van der Waals surface area contributed by atoms with Crippen LogP contribution in [0.5, 0.6) is 0 Å². The van der Waals surface area contributed by atoms with E-state index in [1.807, 2.05) is 6.20 Å². The number of para-hydroxylation sites is 1. The van der Waals surface area contributed by atoms with E-state index < -0.39 is 0 Å². The Kier molecular flexibility index (Phi) is 4.56. The largest absolute Gasteiger partial charge is 0.317 e. The van der Waals surface area contributed by atoms with Gasteiger partial charge in [-0.15, -0.1) is 0 Å². The van der Waals surface area contributed by atoms with Crippen LogP contribution in [0.15, 0.2) is 30.5 Å². The van der Waals surface area contributed by atoms with Crippen molar-refractivity contribution in [2.45, 2.75) is 32.7 Å². The summed E-state index contributed by atoms with van der Waals surface area (Å²) >= 11 is 0. The molecule has 0 saturated heterocycles. The molecule has 2 aromatic rings. The van der Waals surface area contributed by atoms with E-state index in [1.54, 1.807) is 0 Å². The van der Waals surface area contributed by atoms with Gasteiger partial charge < -0.3 is 5.32 Å². The molecule has 0 aliphatic carbocycles. The zero-order valence-electron chi connectivity index (χ0n) is 10.5. The first-order valence-electron chi connectivity index (χ1n) is 6.53. The number of aryl methyl sites for hydroxylation is 1. The summed E-state index contributed by atoms with van der Waals surface area (Å²) in [7, 11) is 0. The average molecular weight is 231 g/mol. The van der Waals surface area contributed by atoms with Crippen LogP contribution >= 0.6 is 0 Å². The fourth-order valence-corrected chi connectivity index (χ4v) is 2.07. The van der Waals surface area contributed by atoms with Crippen LogP contribution in [-0.2, 0) is 6.54 Å². The van der Waals surface area contributed by atoms with E-state index in [9.17, 15) is 0 Å². The minimum atomic E-state index is 1.03. The van der Waals surface area contributed by atoms with E-state index in [-0.39, 0.29) is 0 Å². The SMILES string of the molecule is CCNCCCCCn1ncc2ccccc21. The third-order valence-electron chi connectivity index (χ3n) is 3.02. The van der Waals surface area contributed by atoms with Crippen LogP contribution in [0.4, 0.5) is 0 Å². The van der Waals surface area contributed by atoms with Crippen molar-refractivity contribution in [2.75, 3.05) is 13.1 Å². The molecule has 17 heavy (non-hydrogen) atoms. The first kappa shape index (κ1) is 12.1. The van der Waals surface area contributed by atoms with Crippen LogP contribution < -0.4 is 5.32 Å². The first-order chi connectivity index (χ1) is 8.42. The van der Waals surface area contributed by atoms with Crippen molar-refractivity contribution in [3.63, 3.8) is 0 Å². The Morgan fingerprint density at radius 1 is 1.18 bits per heavy atom. The van der Waals surface area contributed by atoms with Gasteiger partial charge in [-0.05, 0) is 32.0 Å². The van der Waals surface area contributed by atoms with Crippen molar-refractivity contribution in [1.82, 2.24) is 15.1 Å². The highest BCUT2D eigenvalue weighted by molar-refractivity contribution is 5.78. The maximum Gasteiger partial charge on any atom is 0.0682 e. The summed E-state index contributed by atoms with van der Waals surface area (Å²) in [5.74, 6) is 0.